The first kappa shape index (κ1) is 13.1. The van der Waals surface area contributed by atoms with Crippen molar-refractivity contribution in [2.45, 2.75) is 13.8 Å². The fraction of sp³-hybridized carbons (Fsp3) is 0.214. The highest BCUT2D eigenvalue weighted by atomic mass is 19.1. The van der Waals surface area contributed by atoms with Crippen LogP contribution in [0.4, 0.5) is 10.1 Å². The second-order valence-corrected chi connectivity index (χ2v) is 3.99. The van der Waals surface area contributed by atoms with Gasteiger partial charge in [0.15, 0.2) is 0 Å². The summed E-state index contributed by atoms with van der Waals surface area (Å²) >= 11 is 0. The summed E-state index contributed by atoms with van der Waals surface area (Å²) < 4.78 is 23.9. The Morgan fingerprint density at radius 2 is 2.05 bits per heavy atom. The minimum atomic E-state index is -0.301. The number of pyridine rings is 1. The van der Waals surface area contributed by atoms with E-state index in [0.29, 0.717) is 35.4 Å². The third-order valence-corrected chi connectivity index (χ3v) is 2.50. The highest BCUT2D eigenvalue weighted by molar-refractivity contribution is 5.50. The van der Waals surface area contributed by atoms with Gasteiger partial charge in [0.2, 0.25) is 11.8 Å². The zero-order valence-corrected chi connectivity index (χ0v) is 10.8. The van der Waals surface area contributed by atoms with Crippen LogP contribution in [0, 0.1) is 12.7 Å². The van der Waals surface area contributed by atoms with Crippen LogP contribution in [-0.4, -0.2) is 11.6 Å². The average Bonchev–Trinajstić information content (AvgIpc) is 2.37. The van der Waals surface area contributed by atoms with Crippen LogP contribution in [0.3, 0.4) is 0 Å². The zero-order chi connectivity index (χ0) is 13.8. The van der Waals surface area contributed by atoms with Gasteiger partial charge < -0.3 is 15.2 Å². The molecule has 19 heavy (non-hydrogen) atoms. The molecule has 0 saturated heterocycles. The molecule has 0 aliphatic carbocycles. The molecule has 1 heterocycles. The van der Waals surface area contributed by atoms with E-state index < -0.39 is 0 Å². The molecule has 0 atom stereocenters. The summed E-state index contributed by atoms with van der Waals surface area (Å²) in [6.45, 7) is 4.08. The van der Waals surface area contributed by atoms with Crippen molar-refractivity contribution in [3.8, 4) is 17.5 Å². The first-order valence-corrected chi connectivity index (χ1v) is 5.93. The van der Waals surface area contributed by atoms with E-state index >= 15 is 0 Å². The summed E-state index contributed by atoms with van der Waals surface area (Å²) in [5, 5.41) is 0. The van der Waals surface area contributed by atoms with E-state index in [1.807, 2.05) is 6.92 Å². The number of hydrogen-bond donors (Lipinski definition) is 1. The zero-order valence-electron chi connectivity index (χ0n) is 10.8. The van der Waals surface area contributed by atoms with Crippen molar-refractivity contribution in [2.24, 2.45) is 0 Å². The maximum Gasteiger partial charge on any atom is 0.240 e. The fourth-order valence-corrected chi connectivity index (χ4v) is 1.58. The number of nitrogens with two attached hydrogens (primary N) is 1. The third-order valence-electron chi connectivity index (χ3n) is 2.50. The molecule has 0 aliphatic rings. The quantitative estimate of drug-likeness (QED) is 0.918. The molecule has 2 rings (SSSR count). The fourth-order valence-electron chi connectivity index (χ4n) is 1.58. The highest BCUT2D eigenvalue weighted by Crippen LogP contribution is 2.28. The Hall–Kier alpha value is -2.30. The normalized spacial score (nSPS) is 10.3. The first-order chi connectivity index (χ1) is 9.10. The molecule has 2 aromatic rings. The van der Waals surface area contributed by atoms with E-state index in [9.17, 15) is 4.39 Å². The third kappa shape index (κ3) is 3.13. The number of aromatic nitrogens is 1. The Labute approximate surface area is 111 Å². The molecule has 4 nitrogen and oxygen atoms in total. The van der Waals surface area contributed by atoms with E-state index in [2.05, 4.69) is 4.98 Å². The Bertz CT molecular complexity index is 588. The molecule has 1 aromatic heterocycles. The van der Waals surface area contributed by atoms with E-state index in [-0.39, 0.29) is 5.82 Å². The Morgan fingerprint density at radius 1 is 1.26 bits per heavy atom. The Morgan fingerprint density at radius 3 is 2.74 bits per heavy atom. The van der Waals surface area contributed by atoms with Gasteiger partial charge in [0, 0.05) is 6.07 Å². The second-order valence-electron chi connectivity index (χ2n) is 3.99. The number of anilines is 1. The minimum absolute atomic E-state index is 0.301. The van der Waals surface area contributed by atoms with Gasteiger partial charge in [-0.3, -0.25) is 0 Å². The van der Waals surface area contributed by atoms with Crippen molar-refractivity contribution >= 4 is 5.69 Å². The molecule has 0 radical (unpaired) electrons. The SMILES string of the molecule is CCOc1nc(Oc2ccc(F)cc2C)ccc1N. The van der Waals surface area contributed by atoms with Crippen LogP contribution in [0.1, 0.15) is 12.5 Å². The van der Waals surface area contributed by atoms with E-state index in [0.717, 1.165) is 0 Å². The molecule has 0 amide bonds. The van der Waals surface area contributed by atoms with Gasteiger partial charge in [0.1, 0.15) is 11.6 Å². The standard InChI is InChI=1S/C14H15FN2O2/c1-3-18-14-11(16)5-7-13(17-14)19-12-6-4-10(15)8-9(12)2/h4-8H,3,16H2,1-2H3. The van der Waals surface area contributed by atoms with E-state index in [1.54, 1.807) is 25.1 Å². The largest absolute Gasteiger partial charge is 0.476 e. The van der Waals surface area contributed by atoms with Crippen molar-refractivity contribution in [1.29, 1.82) is 0 Å². The number of aryl methyl sites for hydroxylation is 1. The highest BCUT2D eigenvalue weighted by Gasteiger charge is 2.07. The van der Waals surface area contributed by atoms with Gasteiger partial charge in [-0.1, -0.05) is 0 Å². The van der Waals surface area contributed by atoms with Gasteiger partial charge in [-0.2, -0.15) is 4.98 Å². The minimum Gasteiger partial charge on any atom is -0.476 e. The number of hydrogen-bond acceptors (Lipinski definition) is 4. The second kappa shape index (κ2) is 5.56. The summed E-state index contributed by atoms with van der Waals surface area (Å²) in [4.78, 5) is 4.16. The van der Waals surface area contributed by atoms with Crippen LogP contribution in [-0.2, 0) is 0 Å². The van der Waals surface area contributed by atoms with Gasteiger partial charge in [0.25, 0.3) is 0 Å². The van der Waals surface area contributed by atoms with Gasteiger partial charge in [0.05, 0.1) is 12.3 Å². The van der Waals surface area contributed by atoms with Crippen molar-refractivity contribution in [3.63, 3.8) is 0 Å². The van der Waals surface area contributed by atoms with Crippen LogP contribution in [0.25, 0.3) is 0 Å². The number of nitrogen functional groups attached to an aromatic ring is 1. The van der Waals surface area contributed by atoms with Crippen molar-refractivity contribution in [2.75, 3.05) is 12.3 Å². The lowest BCUT2D eigenvalue weighted by atomic mass is 10.2. The van der Waals surface area contributed by atoms with Gasteiger partial charge in [-0.05, 0) is 43.7 Å². The van der Waals surface area contributed by atoms with Crippen LogP contribution in [0.2, 0.25) is 0 Å². The molecule has 1 aromatic carbocycles. The van der Waals surface area contributed by atoms with Crippen LogP contribution >= 0.6 is 0 Å². The lowest BCUT2D eigenvalue weighted by molar-refractivity contribution is 0.323. The lowest BCUT2D eigenvalue weighted by Crippen LogP contribution is -2.00. The summed E-state index contributed by atoms with van der Waals surface area (Å²) in [5.74, 6) is 0.929. The molecule has 0 saturated carbocycles. The smallest absolute Gasteiger partial charge is 0.240 e. The molecule has 2 N–H and O–H groups in total. The molecule has 0 fully saturated rings. The number of benzene rings is 1. The molecule has 5 heteroatoms. The number of rotatable bonds is 4. The van der Waals surface area contributed by atoms with Crippen LogP contribution < -0.4 is 15.2 Å². The van der Waals surface area contributed by atoms with Crippen molar-refractivity contribution in [3.05, 3.63) is 41.7 Å². The summed E-state index contributed by atoms with van der Waals surface area (Å²) in [7, 11) is 0. The monoisotopic (exact) mass is 262 g/mol. The van der Waals surface area contributed by atoms with Crippen molar-refractivity contribution < 1.29 is 13.9 Å². The van der Waals surface area contributed by atoms with E-state index in [4.69, 9.17) is 15.2 Å². The van der Waals surface area contributed by atoms with Gasteiger partial charge in [-0.25, -0.2) is 4.39 Å². The summed E-state index contributed by atoms with van der Waals surface area (Å²) in [6, 6.07) is 7.59. The molecule has 100 valence electrons. The predicted octanol–water partition coefficient (Wildman–Crippen LogP) is 3.30. The van der Waals surface area contributed by atoms with E-state index in [1.165, 1.54) is 12.1 Å². The Kier molecular flexibility index (Phi) is 3.85. The van der Waals surface area contributed by atoms with Crippen LogP contribution in [0.15, 0.2) is 30.3 Å². The molecule has 0 spiro atoms. The van der Waals surface area contributed by atoms with Crippen molar-refractivity contribution in [1.82, 2.24) is 4.98 Å². The average molecular weight is 262 g/mol. The van der Waals surface area contributed by atoms with Gasteiger partial charge in [-0.15, -0.1) is 0 Å². The molecule has 0 aliphatic heterocycles. The summed E-state index contributed by atoms with van der Waals surface area (Å²) in [5.41, 5.74) is 6.87. The Balaban J connectivity index is 2.25. The number of ether oxygens (including phenoxy) is 2. The maximum atomic E-state index is 13.0. The predicted molar refractivity (Wildman–Crippen MR) is 71.0 cm³/mol. The lowest BCUT2D eigenvalue weighted by Gasteiger charge is -2.10. The first-order valence-electron chi connectivity index (χ1n) is 5.93. The topological polar surface area (TPSA) is 57.4 Å². The number of nitrogens with zero attached hydrogens (tertiary/aromatic N) is 1. The number of halogens is 1. The summed E-state index contributed by atoms with van der Waals surface area (Å²) in [6.07, 6.45) is 0. The molecular weight excluding hydrogens is 247 g/mol. The molecule has 0 bridgehead atoms. The molecule has 0 unspecified atom stereocenters. The van der Waals surface area contributed by atoms with Crippen LogP contribution in [0.5, 0.6) is 17.5 Å². The molecular formula is C14H15FN2O2. The maximum absolute atomic E-state index is 13.0. The van der Waals surface area contributed by atoms with Gasteiger partial charge >= 0.3 is 0 Å².